The van der Waals surface area contributed by atoms with E-state index in [0.717, 1.165) is 25.9 Å². The summed E-state index contributed by atoms with van der Waals surface area (Å²) in [5.74, 6) is -0.904. The minimum absolute atomic E-state index is 0.176. The zero-order valence-corrected chi connectivity index (χ0v) is 10.5. The van der Waals surface area contributed by atoms with Gasteiger partial charge in [0.05, 0.1) is 0 Å². The third-order valence-corrected chi connectivity index (χ3v) is 3.17. The van der Waals surface area contributed by atoms with Crippen molar-refractivity contribution in [2.24, 2.45) is 11.8 Å². The molecule has 1 saturated heterocycles. The highest BCUT2D eigenvalue weighted by atomic mass is 16.4. The molecule has 1 aliphatic rings. The number of aliphatic carboxylic acids is 1. The van der Waals surface area contributed by atoms with Gasteiger partial charge in [-0.3, -0.25) is 4.79 Å². The second kappa shape index (κ2) is 6.59. The van der Waals surface area contributed by atoms with Crippen LogP contribution in [0.4, 0.5) is 0 Å². The lowest BCUT2D eigenvalue weighted by molar-refractivity contribution is -0.142. The van der Waals surface area contributed by atoms with Gasteiger partial charge >= 0.3 is 5.97 Å². The molecular formula is C12H22N2O3. The SMILES string of the molecule is CC(C)C(=O)NC(CC1CCNCC1)C(=O)O. The van der Waals surface area contributed by atoms with E-state index in [9.17, 15) is 9.59 Å². The zero-order valence-electron chi connectivity index (χ0n) is 10.5. The molecule has 1 atom stereocenters. The fraction of sp³-hybridized carbons (Fsp3) is 0.833. The maximum Gasteiger partial charge on any atom is 0.326 e. The molecule has 0 aromatic carbocycles. The van der Waals surface area contributed by atoms with E-state index in [4.69, 9.17) is 5.11 Å². The first-order chi connectivity index (χ1) is 8.00. The van der Waals surface area contributed by atoms with E-state index in [1.807, 2.05) is 0 Å². The first kappa shape index (κ1) is 14.0. The highest BCUT2D eigenvalue weighted by Gasteiger charge is 2.25. The van der Waals surface area contributed by atoms with Crippen molar-refractivity contribution in [2.75, 3.05) is 13.1 Å². The molecule has 98 valence electrons. The average molecular weight is 242 g/mol. The van der Waals surface area contributed by atoms with Crippen molar-refractivity contribution >= 4 is 11.9 Å². The Balaban J connectivity index is 2.47. The Bertz CT molecular complexity index is 273. The van der Waals surface area contributed by atoms with Gasteiger partial charge in [-0.25, -0.2) is 4.79 Å². The first-order valence-electron chi connectivity index (χ1n) is 6.24. The number of hydrogen-bond donors (Lipinski definition) is 3. The quantitative estimate of drug-likeness (QED) is 0.659. The Kier molecular flexibility index (Phi) is 5.41. The number of rotatable bonds is 5. The molecule has 0 saturated carbocycles. The van der Waals surface area contributed by atoms with Crippen molar-refractivity contribution in [3.05, 3.63) is 0 Å². The van der Waals surface area contributed by atoms with Gasteiger partial charge in [-0.15, -0.1) is 0 Å². The summed E-state index contributed by atoms with van der Waals surface area (Å²) in [6.45, 7) is 5.40. The van der Waals surface area contributed by atoms with Crippen LogP contribution in [0.25, 0.3) is 0 Å². The molecule has 1 heterocycles. The molecule has 5 nitrogen and oxygen atoms in total. The summed E-state index contributed by atoms with van der Waals surface area (Å²) in [5, 5.41) is 14.9. The minimum Gasteiger partial charge on any atom is -0.480 e. The standard InChI is InChI=1S/C12H22N2O3/c1-8(2)11(15)14-10(12(16)17)7-9-3-5-13-6-4-9/h8-10,13H,3-7H2,1-2H3,(H,14,15)(H,16,17). The summed E-state index contributed by atoms with van der Waals surface area (Å²) in [5.41, 5.74) is 0. The van der Waals surface area contributed by atoms with Gasteiger partial charge in [0.15, 0.2) is 0 Å². The van der Waals surface area contributed by atoms with E-state index in [0.29, 0.717) is 12.3 Å². The topological polar surface area (TPSA) is 78.4 Å². The molecule has 0 aromatic rings. The lowest BCUT2D eigenvalue weighted by Gasteiger charge is -2.26. The smallest absolute Gasteiger partial charge is 0.326 e. The number of carboxylic acid groups (broad SMARTS) is 1. The highest BCUT2D eigenvalue weighted by Crippen LogP contribution is 2.18. The summed E-state index contributed by atoms with van der Waals surface area (Å²) in [6.07, 6.45) is 2.51. The van der Waals surface area contributed by atoms with Crippen molar-refractivity contribution in [1.82, 2.24) is 10.6 Å². The van der Waals surface area contributed by atoms with Crippen LogP contribution in [0.1, 0.15) is 33.1 Å². The van der Waals surface area contributed by atoms with Gasteiger partial charge in [0.25, 0.3) is 0 Å². The molecule has 0 aliphatic carbocycles. The second-order valence-electron chi connectivity index (χ2n) is 4.98. The van der Waals surface area contributed by atoms with E-state index >= 15 is 0 Å². The van der Waals surface area contributed by atoms with Gasteiger partial charge in [-0.2, -0.15) is 0 Å². The minimum atomic E-state index is -0.933. The van der Waals surface area contributed by atoms with Crippen LogP contribution in [0.5, 0.6) is 0 Å². The van der Waals surface area contributed by atoms with E-state index in [-0.39, 0.29) is 11.8 Å². The van der Waals surface area contributed by atoms with E-state index in [1.165, 1.54) is 0 Å². The van der Waals surface area contributed by atoms with E-state index in [2.05, 4.69) is 10.6 Å². The number of hydrogen-bond acceptors (Lipinski definition) is 3. The predicted octanol–water partition coefficient (Wildman–Crippen LogP) is 0.601. The van der Waals surface area contributed by atoms with Crippen LogP contribution in [-0.4, -0.2) is 36.1 Å². The molecule has 1 aliphatic heterocycles. The van der Waals surface area contributed by atoms with Gasteiger partial charge in [0.2, 0.25) is 5.91 Å². The normalized spacial score (nSPS) is 19.0. The monoisotopic (exact) mass is 242 g/mol. The fourth-order valence-corrected chi connectivity index (χ4v) is 2.01. The Hall–Kier alpha value is -1.10. The number of piperidine rings is 1. The molecule has 17 heavy (non-hydrogen) atoms. The van der Waals surface area contributed by atoms with Gasteiger partial charge in [0, 0.05) is 5.92 Å². The number of amides is 1. The lowest BCUT2D eigenvalue weighted by atomic mass is 9.91. The van der Waals surface area contributed by atoms with Crippen LogP contribution in [0.2, 0.25) is 0 Å². The number of carboxylic acids is 1. The second-order valence-corrected chi connectivity index (χ2v) is 4.98. The third kappa shape index (κ3) is 4.73. The lowest BCUT2D eigenvalue weighted by Crippen LogP contribution is -2.44. The molecule has 0 bridgehead atoms. The molecule has 5 heteroatoms. The van der Waals surface area contributed by atoms with Crippen LogP contribution >= 0.6 is 0 Å². The van der Waals surface area contributed by atoms with Gasteiger partial charge in [0.1, 0.15) is 6.04 Å². The molecule has 3 N–H and O–H groups in total. The molecule has 1 amide bonds. The predicted molar refractivity (Wildman–Crippen MR) is 64.6 cm³/mol. The summed E-state index contributed by atoms with van der Waals surface area (Å²) in [7, 11) is 0. The summed E-state index contributed by atoms with van der Waals surface area (Å²) < 4.78 is 0. The molecular weight excluding hydrogens is 220 g/mol. The van der Waals surface area contributed by atoms with Crippen molar-refractivity contribution in [3.63, 3.8) is 0 Å². The molecule has 1 fully saturated rings. The molecule has 0 aromatic heterocycles. The van der Waals surface area contributed by atoms with Gasteiger partial charge in [-0.1, -0.05) is 13.8 Å². The molecule has 0 spiro atoms. The maximum absolute atomic E-state index is 11.5. The average Bonchev–Trinajstić information content (AvgIpc) is 2.29. The van der Waals surface area contributed by atoms with Crippen LogP contribution in [0, 0.1) is 11.8 Å². The number of nitrogens with one attached hydrogen (secondary N) is 2. The van der Waals surface area contributed by atoms with Gasteiger partial charge < -0.3 is 15.7 Å². The van der Waals surface area contributed by atoms with Crippen LogP contribution in [0.3, 0.4) is 0 Å². The molecule has 1 rings (SSSR count). The Morgan fingerprint density at radius 1 is 1.35 bits per heavy atom. The van der Waals surface area contributed by atoms with Crippen molar-refractivity contribution < 1.29 is 14.7 Å². The third-order valence-electron chi connectivity index (χ3n) is 3.17. The Labute approximate surface area is 102 Å². The van der Waals surface area contributed by atoms with Crippen molar-refractivity contribution in [2.45, 2.75) is 39.2 Å². The van der Waals surface area contributed by atoms with E-state index < -0.39 is 12.0 Å². The maximum atomic E-state index is 11.5. The first-order valence-corrected chi connectivity index (χ1v) is 6.24. The number of carbonyl (C=O) groups is 2. The largest absolute Gasteiger partial charge is 0.480 e. The zero-order chi connectivity index (χ0) is 12.8. The fourth-order valence-electron chi connectivity index (χ4n) is 2.01. The highest BCUT2D eigenvalue weighted by molar-refractivity contribution is 5.84. The van der Waals surface area contributed by atoms with Crippen LogP contribution in [-0.2, 0) is 9.59 Å². The van der Waals surface area contributed by atoms with Crippen molar-refractivity contribution in [1.29, 1.82) is 0 Å². The number of carbonyl (C=O) groups excluding carboxylic acids is 1. The Morgan fingerprint density at radius 3 is 2.41 bits per heavy atom. The summed E-state index contributed by atoms with van der Waals surface area (Å²) in [4.78, 5) is 22.6. The molecule has 0 radical (unpaired) electrons. The van der Waals surface area contributed by atoms with Crippen molar-refractivity contribution in [3.8, 4) is 0 Å². The summed E-state index contributed by atoms with van der Waals surface area (Å²) in [6, 6.07) is -0.743. The Morgan fingerprint density at radius 2 is 1.94 bits per heavy atom. The van der Waals surface area contributed by atoms with E-state index in [1.54, 1.807) is 13.8 Å². The van der Waals surface area contributed by atoms with Crippen LogP contribution in [0.15, 0.2) is 0 Å². The molecule has 1 unspecified atom stereocenters. The summed E-state index contributed by atoms with van der Waals surface area (Å²) >= 11 is 0. The van der Waals surface area contributed by atoms with Crippen LogP contribution < -0.4 is 10.6 Å². The van der Waals surface area contributed by atoms with Gasteiger partial charge in [-0.05, 0) is 38.3 Å².